The third-order valence-electron chi connectivity index (χ3n) is 8.83. The van der Waals surface area contributed by atoms with Crippen LogP contribution in [0.5, 0.6) is 0 Å². The number of hydrogen-bond donors (Lipinski definition) is 0. The highest BCUT2D eigenvalue weighted by molar-refractivity contribution is 5.35. The molecule has 3 aliphatic rings. The van der Waals surface area contributed by atoms with E-state index in [1.807, 2.05) is 0 Å². The van der Waals surface area contributed by atoms with Gasteiger partial charge in [0, 0.05) is 11.0 Å². The van der Waals surface area contributed by atoms with Crippen molar-refractivity contribution in [2.45, 2.75) is 88.0 Å². The molecule has 0 spiro atoms. The van der Waals surface area contributed by atoms with Gasteiger partial charge in [-0.1, -0.05) is 99.2 Å². The van der Waals surface area contributed by atoms with Gasteiger partial charge in [0.05, 0.1) is 0 Å². The highest BCUT2D eigenvalue weighted by atomic mass is 15.2. The van der Waals surface area contributed by atoms with Gasteiger partial charge in [0.1, 0.15) is 0 Å². The Balaban J connectivity index is 1.68. The summed E-state index contributed by atoms with van der Waals surface area (Å²) in [5.41, 5.74) is 3.80. The van der Waals surface area contributed by atoms with Crippen LogP contribution in [0, 0.1) is 5.92 Å². The zero-order valence-electron chi connectivity index (χ0n) is 18.7. The Labute approximate surface area is 183 Å². The predicted octanol–water partition coefficient (Wildman–Crippen LogP) is 7.46. The van der Waals surface area contributed by atoms with Gasteiger partial charge < -0.3 is 0 Å². The van der Waals surface area contributed by atoms with Crippen molar-refractivity contribution in [2.24, 2.45) is 5.92 Å². The summed E-state index contributed by atoms with van der Waals surface area (Å²) in [5.74, 6) is 0.724. The summed E-state index contributed by atoms with van der Waals surface area (Å²) in [5, 5.41) is 0. The van der Waals surface area contributed by atoms with Gasteiger partial charge in [-0.2, -0.15) is 0 Å². The summed E-state index contributed by atoms with van der Waals surface area (Å²) in [6.45, 7) is 2.58. The minimum absolute atomic E-state index is 0.215. The Morgan fingerprint density at radius 3 is 1.80 bits per heavy atom. The molecule has 1 heteroatoms. The van der Waals surface area contributed by atoms with Crippen LogP contribution in [-0.2, 0) is 11.0 Å². The molecule has 2 unspecified atom stereocenters. The fraction of sp³-hybridized carbons (Fsp3) is 0.586. The highest BCUT2D eigenvalue weighted by Crippen LogP contribution is 2.59. The maximum atomic E-state index is 2.97. The van der Waals surface area contributed by atoms with E-state index < -0.39 is 0 Å². The second-order valence-electron chi connectivity index (χ2n) is 10.2. The molecule has 2 aromatic carbocycles. The summed E-state index contributed by atoms with van der Waals surface area (Å²) < 4.78 is 0. The van der Waals surface area contributed by atoms with Gasteiger partial charge in [-0.05, 0) is 68.7 Å². The van der Waals surface area contributed by atoms with E-state index in [-0.39, 0.29) is 5.54 Å². The zero-order valence-corrected chi connectivity index (χ0v) is 18.7. The lowest BCUT2D eigenvalue weighted by Gasteiger charge is -2.60. The van der Waals surface area contributed by atoms with Crippen molar-refractivity contribution >= 4 is 0 Å². The number of benzene rings is 2. The molecule has 2 aliphatic carbocycles. The molecule has 2 atom stereocenters. The first kappa shape index (κ1) is 20.3. The van der Waals surface area contributed by atoms with Gasteiger partial charge >= 0.3 is 0 Å². The number of rotatable bonds is 4. The van der Waals surface area contributed by atoms with Crippen LogP contribution in [0.3, 0.4) is 0 Å². The first-order valence-electron chi connectivity index (χ1n) is 12.7. The minimum Gasteiger partial charge on any atom is -0.293 e. The van der Waals surface area contributed by atoms with Crippen molar-refractivity contribution in [3.63, 3.8) is 0 Å². The smallest absolute Gasteiger partial charge is 0.0497 e. The maximum absolute atomic E-state index is 2.97. The third kappa shape index (κ3) is 3.44. The van der Waals surface area contributed by atoms with Gasteiger partial charge in [0.25, 0.3) is 0 Å². The van der Waals surface area contributed by atoms with Crippen LogP contribution >= 0.6 is 0 Å². The maximum Gasteiger partial charge on any atom is 0.0497 e. The number of piperidine rings is 1. The molecule has 1 nitrogen and oxygen atoms in total. The second kappa shape index (κ2) is 8.87. The van der Waals surface area contributed by atoms with Gasteiger partial charge in [0.15, 0.2) is 0 Å². The molecule has 30 heavy (non-hydrogen) atoms. The monoisotopic (exact) mass is 401 g/mol. The van der Waals surface area contributed by atoms with Crippen LogP contribution in [0.2, 0.25) is 0 Å². The average Bonchev–Trinajstić information content (AvgIpc) is 2.86. The van der Waals surface area contributed by atoms with Gasteiger partial charge in [-0.3, -0.25) is 4.90 Å². The van der Waals surface area contributed by atoms with Crippen molar-refractivity contribution in [2.75, 3.05) is 13.1 Å². The fourth-order valence-electron chi connectivity index (χ4n) is 7.61. The average molecular weight is 402 g/mol. The lowest BCUT2D eigenvalue weighted by atomic mass is 9.51. The molecule has 0 N–H and O–H groups in total. The number of nitrogens with zero attached hydrogens (tertiary/aromatic N) is 1. The lowest BCUT2D eigenvalue weighted by Crippen LogP contribution is -2.60. The fourth-order valence-corrected chi connectivity index (χ4v) is 7.61. The Morgan fingerprint density at radius 2 is 1.13 bits per heavy atom. The van der Waals surface area contributed by atoms with Crippen LogP contribution in [-0.4, -0.2) is 18.0 Å². The predicted molar refractivity (Wildman–Crippen MR) is 127 cm³/mol. The van der Waals surface area contributed by atoms with E-state index in [0.717, 1.165) is 5.92 Å². The standard InChI is InChI=1S/C29H39N/c1-5-15-25(16-6-1)28(20-10-3-11-21-28)27-19-9-12-22-29(27,26-17-7-2-8-18-26)30-23-13-4-14-24-30/h1-2,5-8,15-18,27H,3-4,9-14,19-24H2. The van der Waals surface area contributed by atoms with Crippen LogP contribution in [0.1, 0.15) is 88.2 Å². The van der Waals surface area contributed by atoms with Crippen molar-refractivity contribution in [3.8, 4) is 0 Å². The summed E-state index contributed by atoms with van der Waals surface area (Å²) in [6, 6.07) is 23.4. The molecule has 160 valence electrons. The molecule has 3 fully saturated rings. The SMILES string of the molecule is c1ccc(C2(C3CCCCC3(c3ccccc3)N3CCCCC3)CCCCC2)cc1. The Bertz CT molecular complexity index is 786. The third-order valence-corrected chi connectivity index (χ3v) is 8.83. The normalized spacial score (nSPS) is 30.1. The molecule has 0 bridgehead atoms. The molecule has 1 aliphatic heterocycles. The van der Waals surface area contributed by atoms with Gasteiger partial charge in [-0.15, -0.1) is 0 Å². The van der Waals surface area contributed by atoms with Crippen molar-refractivity contribution < 1.29 is 0 Å². The Morgan fingerprint density at radius 1 is 0.567 bits per heavy atom. The quantitative estimate of drug-likeness (QED) is 0.514. The summed E-state index contributed by atoms with van der Waals surface area (Å²) in [4.78, 5) is 2.97. The van der Waals surface area contributed by atoms with Gasteiger partial charge in [-0.25, -0.2) is 0 Å². The second-order valence-corrected chi connectivity index (χ2v) is 10.2. The largest absolute Gasteiger partial charge is 0.293 e. The molecule has 0 radical (unpaired) electrons. The molecule has 0 amide bonds. The zero-order chi connectivity index (χ0) is 20.3. The van der Waals surface area contributed by atoms with Crippen molar-refractivity contribution in [1.82, 2.24) is 4.90 Å². The van der Waals surface area contributed by atoms with Crippen molar-refractivity contribution in [3.05, 3.63) is 71.8 Å². The van der Waals surface area contributed by atoms with Crippen LogP contribution in [0.25, 0.3) is 0 Å². The molecule has 1 saturated heterocycles. The van der Waals surface area contributed by atoms with E-state index in [9.17, 15) is 0 Å². The molecule has 0 aromatic heterocycles. The lowest BCUT2D eigenvalue weighted by molar-refractivity contribution is -0.0611. The van der Waals surface area contributed by atoms with E-state index in [1.165, 1.54) is 90.1 Å². The summed E-state index contributed by atoms with van der Waals surface area (Å²) in [7, 11) is 0. The molecule has 2 aromatic rings. The minimum atomic E-state index is 0.215. The van der Waals surface area contributed by atoms with Crippen molar-refractivity contribution in [1.29, 1.82) is 0 Å². The van der Waals surface area contributed by atoms with E-state index in [4.69, 9.17) is 0 Å². The van der Waals surface area contributed by atoms with E-state index in [2.05, 4.69) is 65.6 Å². The molecular weight excluding hydrogens is 362 g/mol. The highest BCUT2D eigenvalue weighted by Gasteiger charge is 2.55. The first-order chi connectivity index (χ1) is 14.9. The van der Waals surface area contributed by atoms with E-state index >= 15 is 0 Å². The molecular formula is C29H39N. The van der Waals surface area contributed by atoms with Gasteiger partial charge in [0.2, 0.25) is 0 Å². The Hall–Kier alpha value is -1.60. The van der Waals surface area contributed by atoms with Crippen LogP contribution in [0.4, 0.5) is 0 Å². The van der Waals surface area contributed by atoms with E-state index in [1.54, 1.807) is 11.1 Å². The molecule has 2 saturated carbocycles. The first-order valence-corrected chi connectivity index (χ1v) is 12.7. The summed E-state index contributed by atoms with van der Waals surface area (Å²) >= 11 is 0. The number of likely N-dealkylation sites (tertiary alicyclic amines) is 1. The molecule has 5 rings (SSSR count). The van der Waals surface area contributed by atoms with Crippen LogP contribution in [0.15, 0.2) is 60.7 Å². The summed E-state index contributed by atoms with van der Waals surface area (Å²) in [6.07, 6.45) is 16.7. The molecule has 1 heterocycles. The van der Waals surface area contributed by atoms with Crippen LogP contribution < -0.4 is 0 Å². The van der Waals surface area contributed by atoms with E-state index in [0.29, 0.717) is 5.41 Å². The number of hydrogen-bond acceptors (Lipinski definition) is 1. The Kier molecular flexibility index (Phi) is 6.01. The topological polar surface area (TPSA) is 3.24 Å².